The van der Waals surface area contributed by atoms with Crippen LogP contribution in [-0.2, 0) is 4.79 Å². The third kappa shape index (κ3) is 2.01. The third-order valence-corrected chi connectivity index (χ3v) is 8.77. The molecule has 0 spiro atoms. The molecule has 24 heavy (non-hydrogen) atoms. The summed E-state index contributed by atoms with van der Waals surface area (Å²) in [6, 6.07) is 0. The van der Waals surface area contributed by atoms with Crippen LogP contribution in [0.4, 0.5) is 0 Å². The Morgan fingerprint density at radius 1 is 1.17 bits per heavy atom. The smallest absolute Gasteiger partial charge is 0.155 e. The highest BCUT2D eigenvalue weighted by atomic mass is 16.3. The molecule has 4 aliphatic carbocycles. The van der Waals surface area contributed by atoms with Crippen molar-refractivity contribution in [3.8, 4) is 0 Å². The highest BCUT2D eigenvalue weighted by molar-refractivity contribution is 5.91. The number of hydrogen-bond acceptors (Lipinski definition) is 2. The van der Waals surface area contributed by atoms with Crippen LogP contribution in [0.5, 0.6) is 0 Å². The Morgan fingerprint density at radius 3 is 2.67 bits per heavy atom. The molecule has 0 radical (unpaired) electrons. The fraction of sp³-hybridized carbons (Fsp3) is 0.773. The van der Waals surface area contributed by atoms with Gasteiger partial charge in [-0.25, -0.2) is 0 Å². The Labute approximate surface area is 146 Å². The van der Waals surface area contributed by atoms with Gasteiger partial charge in [0.05, 0.1) is 5.60 Å². The second-order valence-corrected chi connectivity index (χ2v) is 9.49. The molecule has 0 saturated heterocycles. The van der Waals surface area contributed by atoms with Gasteiger partial charge in [-0.2, -0.15) is 0 Å². The fourth-order valence-corrected chi connectivity index (χ4v) is 7.24. The molecule has 0 aromatic carbocycles. The summed E-state index contributed by atoms with van der Waals surface area (Å²) in [7, 11) is 0. The van der Waals surface area contributed by atoms with Gasteiger partial charge in [0.2, 0.25) is 0 Å². The van der Waals surface area contributed by atoms with E-state index in [-0.39, 0.29) is 10.8 Å². The minimum Gasteiger partial charge on any atom is -0.389 e. The quantitative estimate of drug-likeness (QED) is 0.738. The molecule has 0 aromatic heterocycles. The molecule has 0 aliphatic heterocycles. The molecule has 3 fully saturated rings. The maximum atomic E-state index is 11.9. The monoisotopic (exact) mass is 328 g/mol. The van der Waals surface area contributed by atoms with Gasteiger partial charge in [0.15, 0.2) is 5.78 Å². The number of fused-ring (bicyclic) bond motifs is 5. The number of ketones is 1. The maximum absolute atomic E-state index is 11.9. The summed E-state index contributed by atoms with van der Waals surface area (Å²) in [4.78, 5) is 11.9. The Morgan fingerprint density at radius 2 is 1.92 bits per heavy atom. The molecule has 0 unspecified atom stereocenters. The number of carbonyl (C=O) groups excluding carboxylic acids is 1. The zero-order chi connectivity index (χ0) is 17.2. The molecule has 0 aromatic rings. The average Bonchev–Trinajstić information content (AvgIpc) is 2.80. The van der Waals surface area contributed by atoms with E-state index in [0.717, 1.165) is 50.9 Å². The van der Waals surface area contributed by atoms with Gasteiger partial charge in [-0.1, -0.05) is 25.5 Å². The lowest BCUT2D eigenvalue weighted by atomic mass is 9.46. The Hall–Kier alpha value is -0.890. The predicted octanol–water partition coefficient (Wildman–Crippen LogP) is 4.83. The van der Waals surface area contributed by atoms with E-state index in [1.165, 1.54) is 18.4 Å². The van der Waals surface area contributed by atoms with Crippen molar-refractivity contribution in [2.45, 2.75) is 77.2 Å². The molecular formula is C22H32O2. The van der Waals surface area contributed by atoms with Crippen LogP contribution in [0, 0.1) is 28.6 Å². The molecule has 0 heterocycles. The van der Waals surface area contributed by atoms with Crippen LogP contribution >= 0.6 is 0 Å². The summed E-state index contributed by atoms with van der Waals surface area (Å²) in [5.74, 6) is 2.40. The van der Waals surface area contributed by atoms with Crippen molar-refractivity contribution in [1.82, 2.24) is 0 Å². The van der Waals surface area contributed by atoms with Crippen LogP contribution in [0.25, 0.3) is 0 Å². The van der Waals surface area contributed by atoms with Crippen molar-refractivity contribution in [2.75, 3.05) is 0 Å². The molecule has 4 aliphatic rings. The Bertz CT molecular complexity index is 605. The molecule has 2 nitrogen and oxygen atoms in total. The van der Waals surface area contributed by atoms with Gasteiger partial charge in [0.25, 0.3) is 0 Å². The van der Waals surface area contributed by atoms with Crippen LogP contribution in [0.3, 0.4) is 0 Å². The predicted molar refractivity (Wildman–Crippen MR) is 96.5 cm³/mol. The first-order valence-corrected chi connectivity index (χ1v) is 9.91. The fourth-order valence-electron chi connectivity index (χ4n) is 7.24. The van der Waals surface area contributed by atoms with Crippen LogP contribution in [0.1, 0.15) is 71.6 Å². The Kier molecular flexibility index (Phi) is 3.66. The van der Waals surface area contributed by atoms with Crippen LogP contribution < -0.4 is 0 Å². The normalized spacial score (nSPS) is 50.5. The van der Waals surface area contributed by atoms with Crippen LogP contribution in [-0.4, -0.2) is 16.5 Å². The van der Waals surface area contributed by atoms with E-state index in [0.29, 0.717) is 17.6 Å². The van der Waals surface area contributed by atoms with E-state index in [4.69, 9.17) is 0 Å². The minimum atomic E-state index is -0.552. The number of carbonyl (C=O) groups is 1. The van der Waals surface area contributed by atoms with E-state index >= 15 is 0 Å². The first kappa shape index (κ1) is 16.6. The van der Waals surface area contributed by atoms with Gasteiger partial charge in [-0.3, -0.25) is 4.79 Å². The summed E-state index contributed by atoms with van der Waals surface area (Å²) in [6.45, 7) is 8.67. The van der Waals surface area contributed by atoms with Crippen molar-refractivity contribution in [1.29, 1.82) is 0 Å². The number of hydrogen-bond donors (Lipinski definition) is 1. The SMILES string of the molecule is C=CC[C@@]1(O)CC[C@H]2[C@@H]3CCC4=CC(=O)CC[C@]4(C)[C@H]3CC[C@@]21C. The first-order valence-electron chi connectivity index (χ1n) is 9.91. The van der Waals surface area contributed by atoms with E-state index in [2.05, 4.69) is 20.4 Å². The summed E-state index contributed by atoms with van der Waals surface area (Å²) < 4.78 is 0. The standard InChI is InChI=1S/C22H32O2/c1-4-10-22(24)13-9-19-17-6-5-15-14-16(23)7-11-20(15,2)18(17)8-12-21(19,22)3/h4,14,17-19,24H,1,5-13H2,2-3H3/t17-,18+,19+,20+,21+,22-/m1/s1. The van der Waals surface area contributed by atoms with E-state index in [9.17, 15) is 9.90 Å². The van der Waals surface area contributed by atoms with E-state index in [1.54, 1.807) is 0 Å². The molecule has 0 bridgehead atoms. The molecule has 3 saturated carbocycles. The number of aliphatic hydroxyl groups is 1. The van der Waals surface area contributed by atoms with Crippen molar-refractivity contribution < 1.29 is 9.90 Å². The van der Waals surface area contributed by atoms with E-state index in [1.807, 2.05) is 12.2 Å². The van der Waals surface area contributed by atoms with Gasteiger partial charge >= 0.3 is 0 Å². The molecular weight excluding hydrogens is 296 g/mol. The number of rotatable bonds is 2. The zero-order valence-electron chi connectivity index (χ0n) is 15.3. The summed E-state index contributed by atoms with van der Waals surface area (Å²) in [5.41, 5.74) is 1.16. The van der Waals surface area contributed by atoms with Crippen molar-refractivity contribution in [2.24, 2.45) is 28.6 Å². The van der Waals surface area contributed by atoms with Gasteiger partial charge in [-0.15, -0.1) is 6.58 Å². The highest BCUT2D eigenvalue weighted by Crippen LogP contribution is 2.68. The molecule has 2 heteroatoms. The van der Waals surface area contributed by atoms with Gasteiger partial charge in [0.1, 0.15) is 0 Å². The highest BCUT2D eigenvalue weighted by Gasteiger charge is 2.63. The minimum absolute atomic E-state index is 0.0461. The van der Waals surface area contributed by atoms with Crippen LogP contribution in [0.2, 0.25) is 0 Å². The molecule has 6 atom stereocenters. The van der Waals surface area contributed by atoms with Gasteiger partial charge in [0, 0.05) is 6.42 Å². The average molecular weight is 328 g/mol. The molecule has 4 rings (SSSR count). The molecule has 0 amide bonds. The zero-order valence-corrected chi connectivity index (χ0v) is 15.3. The van der Waals surface area contributed by atoms with Gasteiger partial charge in [-0.05, 0) is 86.0 Å². The summed E-state index contributed by atoms with van der Waals surface area (Å²) >= 11 is 0. The summed E-state index contributed by atoms with van der Waals surface area (Å²) in [5, 5.41) is 11.3. The van der Waals surface area contributed by atoms with E-state index < -0.39 is 5.60 Å². The third-order valence-electron chi connectivity index (χ3n) is 8.77. The Balaban J connectivity index is 1.67. The topological polar surface area (TPSA) is 37.3 Å². The second-order valence-electron chi connectivity index (χ2n) is 9.49. The van der Waals surface area contributed by atoms with Crippen molar-refractivity contribution in [3.05, 3.63) is 24.3 Å². The lowest BCUT2D eigenvalue weighted by Gasteiger charge is -2.59. The number of allylic oxidation sites excluding steroid dienone is 1. The molecule has 1 N–H and O–H groups in total. The van der Waals surface area contributed by atoms with Crippen molar-refractivity contribution in [3.63, 3.8) is 0 Å². The lowest BCUT2D eigenvalue weighted by Crippen LogP contribution is -2.54. The van der Waals surface area contributed by atoms with Crippen molar-refractivity contribution >= 4 is 5.78 Å². The first-order chi connectivity index (χ1) is 11.3. The molecule has 132 valence electrons. The van der Waals surface area contributed by atoms with Gasteiger partial charge < -0.3 is 5.11 Å². The van der Waals surface area contributed by atoms with Crippen LogP contribution in [0.15, 0.2) is 24.3 Å². The lowest BCUT2D eigenvalue weighted by molar-refractivity contribution is -0.128. The second kappa shape index (κ2) is 5.30. The largest absolute Gasteiger partial charge is 0.389 e. The maximum Gasteiger partial charge on any atom is 0.155 e. The summed E-state index contributed by atoms with van der Waals surface area (Å²) in [6.07, 6.45) is 13.1.